The first-order chi connectivity index (χ1) is 8.41. The zero-order valence-corrected chi connectivity index (χ0v) is 10.6. The Morgan fingerprint density at radius 1 is 1.22 bits per heavy atom. The Hall–Kier alpha value is -1.57. The number of rotatable bonds is 7. The summed E-state index contributed by atoms with van der Waals surface area (Å²) in [7, 11) is 0. The van der Waals surface area contributed by atoms with Gasteiger partial charge in [-0.2, -0.15) is 0 Å². The molecule has 0 saturated carbocycles. The standard InChI is InChI=1S/C10H15N3O4S/c11-7(14)1-3-13-9(16)5-6(10(13)17)18-4-2-8(12)15/h6H,1-5H2,(H2,11,14)(H2,12,15). The highest BCUT2D eigenvalue weighted by Crippen LogP contribution is 2.25. The Bertz CT molecular complexity index is 385. The van der Waals surface area contributed by atoms with Crippen LogP contribution in [0.25, 0.3) is 0 Å². The van der Waals surface area contributed by atoms with Gasteiger partial charge in [0.15, 0.2) is 0 Å². The summed E-state index contributed by atoms with van der Waals surface area (Å²) in [6, 6.07) is 0. The van der Waals surface area contributed by atoms with Crippen LogP contribution in [0.15, 0.2) is 0 Å². The number of hydrogen-bond donors (Lipinski definition) is 2. The van der Waals surface area contributed by atoms with Crippen LogP contribution in [-0.4, -0.2) is 46.1 Å². The van der Waals surface area contributed by atoms with E-state index in [0.717, 1.165) is 4.90 Å². The Morgan fingerprint density at radius 2 is 1.83 bits per heavy atom. The summed E-state index contributed by atoms with van der Waals surface area (Å²) in [5.41, 5.74) is 9.95. The van der Waals surface area contributed by atoms with E-state index in [9.17, 15) is 19.2 Å². The van der Waals surface area contributed by atoms with E-state index in [-0.39, 0.29) is 37.6 Å². The molecular formula is C10H15N3O4S. The fourth-order valence-corrected chi connectivity index (χ4v) is 2.68. The second kappa shape index (κ2) is 6.39. The van der Waals surface area contributed by atoms with Crippen LogP contribution in [-0.2, 0) is 19.2 Å². The molecule has 0 aromatic carbocycles. The number of hydrogen-bond acceptors (Lipinski definition) is 5. The van der Waals surface area contributed by atoms with Gasteiger partial charge in [0, 0.05) is 31.6 Å². The summed E-state index contributed by atoms with van der Waals surface area (Å²) < 4.78 is 0. The van der Waals surface area contributed by atoms with Gasteiger partial charge in [-0.15, -0.1) is 11.8 Å². The van der Waals surface area contributed by atoms with E-state index in [2.05, 4.69) is 0 Å². The van der Waals surface area contributed by atoms with Crippen LogP contribution in [0.4, 0.5) is 0 Å². The molecule has 8 heteroatoms. The van der Waals surface area contributed by atoms with Crippen molar-refractivity contribution in [3.8, 4) is 0 Å². The first-order valence-electron chi connectivity index (χ1n) is 5.44. The molecule has 1 aliphatic heterocycles. The van der Waals surface area contributed by atoms with Crippen molar-refractivity contribution in [2.24, 2.45) is 11.5 Å². The summed E-state index contributed by atoms with van der Waals surface area (Å²) in [4.78, 5) is 45.6. The molecule has 0 radical (unpaired) electrons. The van der Waals surface area contributed by atoms with E-state index >= 15 is 0 Å². The minimum atomic E-state index is -0.555. The van der Waals surface area contributed by atoms with Crippen LogP contribution in [0, 0.1) is 0 Å². The predicted octanol–water partition coefficient (Wildman–Crippen LogP) is -1.40. The Labute approximate surface area is 108 Å². The molecule has 1 unspecified atom stereocenters. The first-order valence-corrected chi connectivity index (χ1v) is 6.49. The van der Waals surface area contributed by atoms with Crippen LogP contribution in [0.5, 0.6) is 0 Å². The van der Waals surface area contributed by atoms with E-state index in [1.807, 2.05) is 0 Å². The molecule has 1 rings (SSSR count). The van der Waals surface area contributed by atoms with Gasteiger partial charge >= 0.3 is 0 Å². The van der Waals surface area contributed by atoms with Gasteiger partial charge in [0.1, 0.15) is 0 Å². The van der Waals surface area contributed by atoms with Crippen LogP contribution >= 0.6 is 11.8 Å². The number of nitrogens with zero attached hydrogens (tertiary/aromatic N) is 1. The number of imide groups is 1. The topological polar surface area (TPSA) is 124 Å². The monoisotopic (exact) mass is 273 g/mol. The maximum Gasteiger partial charge on any atom is 0.242 e. The third kappa shape index (κ3) is 4.02. The van der Waals surface area contributed by atoms with Gasteiger partial charge in [-0.25, -0.2) is 0 Å². The Kier molecular flexibility index (Phi) is 5.14. The van der Waals surface area contributed by atoms with Crippen LogP contribution in [0.2, 0.25) is 0 Å². The zero-order chi connectivity index (χ0) is 13.7. The molecule has 0 spiro atoms. The maximum absolute atomic E-state index is 11.8. The normalized spacial score (nSPS) is 19.3. The molecule has 100 valence electrons. The van der Waals surface area contributed by atoms with Crippen molar-refractivity contribution >= 4 is 35.4 Å². The van der Waals surface area contributed by atoms with Crippen molar-refractivity contribution in [2.45, 2.75) is 24.5 Å². The fourth-order valence-electron chi connectivity index (χ4n) is 1.54. The van der Waals surface area contributed by atoms with Crippen molar-refractivity contribution in [1.82, 2.24) is 4.90 Å². The summed E-state index contributed by atoms with van der Waals surface area (Å²) in [6.07, 6.45) is 0.237. The quantitative estimate of drug-likeness (QED) is 0.552. The van der Waals surface area contributed by atoms with Crippen molar-refractivity contribution in [3.05, 3.63) is 0 Å². The second-order valence-corrected chi connectivity index (χ2v) is 5.19. The average Bonchev–Trinajstić information content (AvgIpc) is 2.51. The predicted molar refractivity (Wildman–Crippen MR) is 65.2 cm³/mol. The van der Waals surface area contributed by atoms with Gasteiger partial charge in [0.2, 0.25) is 23.6 Å². The summed E-state index contributed by atoms with van der Waals surface area (Å²) in [5.74, 6) is -1.22. The van der Waals surface area contributed by atoms with Crippen LogP contribution in [0.1, 0.15) is 19.3 Å². The minimum absolute atomic E-state index is 0.0277. The number of primary amides is 2. The number of nitrogens with two attached hydrogens (primary N) is 2. The van der Waals surface area contributed by atoms with Gasteiger partial charge < -0.3 is 11.5 Å². The number of thioether (sulfide) groups is 1. The third-order valence-corrected chi connectivity index (χ3v) is 3.66. The van der Waals surface area contributed by atoms with Crippen molar-refractivity contribution in [2.75, 3.05) is 12.3 Å². The lowest BCUT2D eigenvalue weighted by Gasteiger charge is -2.13. The lowest BCUT2D eigenvalue weighted by Crippen LogP contribution is -2.34. The highest BCUT2D eigenvalue weighted by Gasteiger charge is 2.38. The van der Waals surface area contributed by atoms with Crippen LogP contribution < -0.4 is 11.5 Å². The van der Waals surface area contributed by atoms with Crippen molar-refractivity contribution < 1.29 is 19.2 Å². The van der Waals surface area contributed by atoms with E-state index in [1.54, 1.807) is 0 Å². The van der Waals surface area contributed by atoms with Gasteiger partial charge in [-0.05, 0) is 0 Å². The highest BCUT2D eigenvalue weighted by atomic mass is 32.2. The molecule has 1 saturated heterocycles. The molecule has 4 N–H and O–H groups in total. The average molecular weight is 273 g/mol. The number of likely N-dealkylation sites (tertiary alicyclic amines) is 1. The fraction of sp³-hybridized carbons (Fsp3) is 0.600. The molecule has 4 amide bonds. The van der Waals surface area contributed by atoms with E-state index in [0.29, 0.717) is 5.75 Å². The number of carbonyl (C=O) groups is 4. The van der Waals surface area contributed by atoms with E-state index < -0.39 is 17.1 Å². The first kappa shape index (κ1) is 14.5. The largest absolute Gasteiger partial charge is 0.370 e. The molecule has 0 bridgehead atoms. The SMILES string of the molecule is NC(=O)CCSC1CC(=O)N(CCC(N)=O)C1=O. The Balaban J connectivity index is 2.45. The smallest absolute Gasteiger partial charge is 0.242 e. The summed E-state index contributed by atoms with van der Waals surface area (Å²) in [6.45, 7) is 0.0277. The number of carbonyl (C=O) groups excluding carboxylic acids is 4. The molecule has 18 heavy (non-hydrogen) atoms. The summed E-state index contributed by atoms with van der Waals surface area (Å²) in [5, 5.41) is -0.482. The lowest BCUT2D eigenvalue weighted by molar-refractivity contribution is -0.138. The molecule has 1 aliphatic rings. The third-order valence-electron chi connectivity index (χ3n) is 2.45. The molecule has 1 heterocycles. The maximum atomic E-state index is 11.8. The van der Waals surface area contributed by atoms with Crippen molar-refractivity contribution in [1.29, 1.82) is 0 Å². The molecule has 0 aromatic heterocycles. The number of amides is 4. The molecule has 0 aliphatic carbocycles. The molecule has 0 aromatic rings. The van der Waals surface area contributed by atoms with Gasteiger partial charge in [-0.1, -0.05) is 0 Å². The molecule has 7 nitrogen and oxygen atoms in total. The second-order valence-electron chi connectivity index (χ2n) is 3.88. The highest BCUT2D eigenvalue weighted by molar-refractivity contribution is 8.00. The van der Waals surface area contributed by atoms with Crippen LogP contribution in [0.3, 0.4) is 0 Å². The van der Waals surface area contributed by atoms with Gasteiger partial charge in [0.25, 0.3) is 0 Å². The zero-order valence-electron chi connectivity index (χ0n) is 9.76. The van der Waals surface area contributed by atoms with Crippen molar-refractivity contribution in [3.63, 3.8) is 0 Å². The Morgan fingerprint density at radius 3 is 2.39 bits per heavy atom. The minimum Gasteiger partial charge on any atom is -0.370 e. The molecule has 1 fully saturated rings. The van der Waals surface area contributed by atoms with E-state index in [1.165, 1.54) is 11.8 Å². The van der Waals surface area contributed by atoms with E-state index in [4.69, 9.17) is 11.5 Å². The van der Waals surface area contributed by atoms with Gasteiger partial charge in [0.05, 0.1) is 5.25 Å². The molecule has 1 atom stereocenters. The molecular weight excluding hydrogens is 258 g/mol. The lowest BCUT2D eigenvalue weighted by atomic mass is 10.3. The summed E-state index contributed by atoms with van der Waals surface area (Å²) >= 11 is 1.23. The van der Waals surface area contributed by atoms with Gasteiger partial charge in [-0.3, -0.25) is 24.1 Å².